The lowest BCUT2D eigenvalue weighted by Gasteiger charge is -2.25. The van der Waals surface area contributed by atoms with Crippen molar-refractivity contribution in [2.75, 3.05) is 18.5 Å². The fourth-order valence-corrected chi connectivity index (χ4v) is 4.06. The van der Waals surface area contributed by atoms with Crippen molar-refractivity contribution >= 4 is 23.1 Å². The summed E-state index contributed by atoms with van der Waals surface area (Å²) in [6, 6.07) is 8.28. The van der Waals surface area contributed by atoms with Crippen molar-refractivity contribution in [2.45, 2.75) is 32.5 Å². The molecule has 1 aliphatic heterocycles. The van der Waals surface area contributed by atoms with Crippen molar-refractivity contribution in [2.24, 2.45) is 5.41 Å². The molecule has 1 atom stereocenters. The molecule has 12 heteroatoms. The van der Waals surface area contributed by atoms with Gasteiger partial charge in [-0.3, -0.25) is 19.4 Å². The lowest BCUT2D eigenvalue weighted by molar-refractivity contribution is -0.137. The number of ether oxygens (including phenoxy) is 1. The van der Waals surface area contributed by atoms with Gasteiger partial charge in [-0.15, -0.1) is 0 Å². The lowest BCUT2D eigenvalue weighted by Crippen LogP contribution is -2.43. The van der Waals surface area contributed by atoms with Crippen LogP contribution >= 0.6 is 0 Å². The monoisotopic (exact) mass is 515 g/mol. The minimum Gasteiger partial charge on any atom is -0.380 e. The summed E-state index contributed by atoms with van der Waals surface area (Å²) in [4.78, 5) is 41.5. The first-order chi connectivity index (χ1) is 17.6. The summed E-state index contributed by atoms with van der Waals surface area (Å²) in [6.07, 6.45) is -1.73. The van der Waals surface area contributed by atoms with Crippen LogP contribution in [0.5, 0.6) is 0 Å². The number of amides is 1. The second kappa shape index (κ2) is 10.5. The minimum absolute atomic E-state index is 0.0416. The van der Waals surface area contributed by atoms with Gasteiger partial charge in [0.05, 0.1) is 53.6 Å². The molecule has 3 aromatic rings. The maximum atomic E-state index is 13.4. The van der Waals surface area contributed by atoms with Gasteiger partial charge < -0.3 is 15.4 Å². The molecule has 0 unspecified atom stereocenters. The van der Waals surface area contributed by atoms with Crippen molar-refractivity contribution in [3.63, 3.8) is 0 Å². The number of halogens is 3. The van der Waals surface area contributed by atoms with E-state index in [0.717, 1.165) is 12.1 Å². The summed E-state index contributed by atoms with van der Waals surface area (Å²) < 4.78 is 45.5. The number of carbonyl (C=O) groups is 2. The molecule has 37 heavy (non-hydrogen) atoms. The van der Waals surface area contributed by atoms with E-state index in [-0.39, 0.29) is 30.8 Å². The molecule has 0 radical (unpaired) electrons. The molecule has 0 bridgehead atoms. The predicted octanol–water partition coefficient (Wildman–Crippen LogP) is 3.53. The van der Waals surface area contributed by atoms with Crippen LogP contribution in [0.25, 0.3) is 0 Å². The number of hydrogen-bond donors (Lipinski definition) is 3. The van der Waals surface area contributed by atoms with Crippen molar-refractivity contribution in [1.82, 2.24) is 20.5 Å². The predicted molar refractivity (Wildman–Crippen MR) is 127 cm³/mol. The smallest absolute Gasteiger partial charge is 0.380 e. The Morgan fingerprint density at radius 2 is 1.97 bits per heavy atom. The van der Waals surface area contributed by atoms with Gasteiger partial charge in [0.1, 0.15) is 0 Å². The number of H-pyrrole nitrogens is 1. The normalized spacial score (nSPS) is 17.4. The molecule has 3 N–H and O–H groups in total. The highest BCUT2D eigenvalue weighted by Gasteiger charge is 2.44. The number of Topliss-reactive ketones (excluding diaryl/α,β-unsaturated/α-hetero) is 1. The van der Waals surface area contributed by atoms with Gasteiger partial charge in [0, 0.05) is 24.7 Å². The van der Waals surface area contributed by atoms with Gasteiger partial charge >= 0.3 is 6.18 Å². The first-order valence-electron chi connectivity index (χ1n) is 11.4. The number of rotatable bonds is 8. The van der Waals surface area contributed by atoms with Gasteiger partial charge in [0.25, 0.3) is 5.56 Å². The van der Waals surface area contributed by atoms with Crippen molar-refractivity contribution < 1.29 is 27.5 Å². The number of ketones is 1. The van der Waals surface area contributed by atoms with Gasteiger partial charge in [-0.2, -0.15) is 18.3 Å². The molecule has 1 saturated heterocycles. The standard InChI is InChI=1S/C25H24F3N5O4/c1-15-2-5-20(19(8-15)25(26,27)28)32-18-4-3-17(29-13-18)12-30-23(36)24(6-7-37-14-24)10-21(34)16-9-22(35)33-31-11-16/h2-5,8-9,11,13,32H,6-7,10,12,14H2,1H3,(H,30,36)(H,33,35)/t24-/m0/s1. The molecule has 0 saturated carbocycles. The third kappa shape index (κ3) is 6.20. The van der Waals surface area contributed by atoms with Gasteiger partial charge in [-0.05, 0) is 37.6 Å². The average Bonchev–Trinajstić information content (AvgIpc) is 3.33. The van der Waals surface area contributed by atoms with Crippen molar-refractivity contribution in [3.05, 3.63) is 81.5 Å². The largest absolute Gasteiger partial charge is 0.418 e. The molecule has 1 amide bonds. The number of anilines is 2. The highest BCUT2D eigenvalue weighted by atomic mass is 19.4. The molecular weight excluding hydrogens is 491 g/mol. The number of aromatic nitrogens is 3. The third-order valence-electron chi connectivity index (χ3n) is 6.09. The Morgan fingerprint density at radius 3 is 2.62 bits per heavy atom. The van der Waals surface area contributed by atoms with E-state index >= 15 is 0 Å². The third-order valence-corrected chi connectivity index (χ3v) is 6.09. The number of carbonyl (C=O) groups excluding carboxylic acids is 2. The zero-order valence-corrected chi connectivity index (χ0v) is 19.8. The molecule has 1 aromatic carbocycles. The Labute approximate surface area is 209 Å². The maximum Gasteiger partial charge on any atom is 0.418 e. The van der Waals surface area contributed by atoms with Crippen LogP contribution in [-0.4, -0.2) is 40.1 Å². The second-order valence-corrected chi connectivity index (χ2v) is 8.91. The number of nitrogens with one attached hydrogen (secondary N) is 3. The Hall–Kier alpha value is -4.06. The van der Waals surface area contributed by atoms with E-state index in [9.17, 15) is 27.6 Å². The molecule has 3 heterocycles. The van der Waals surface area contributed by atoms with E-state index in [1.807, 2.05) is 0 Å². The SMILES string of the molecule is Cc1ccc(Nc2ccc(CNC(=O)[C@]3(CC(=O)c4cn[nH]c(=O)c4)CCOC3)nc2)c(C(F)(F)F)c1. The molecule has 9 nitrogen and oxygen atoms in total. The number of hydrogen-bond acceptors (Lipinski definition) is 7. The zero-order valence-electron chi connectivity index (χ0n) is 19.8. The van der Waals surface area contributed by atoms with Gasteiger partial charge in [0.2, 0.25) is 5.91 Å². The summed E-state index contributed by atoms with van der Waals surface area (Å²) >= 11 is 0. The molecule has 1 aliphatic rings. The van der Waals surface area contributed by atoms with Gasteiger partial charge in [-0.1, -0.05) is 11.6 Å². The summed E-state index contributed by atoms with van der Waals surface area (Å²) in [5.74, 6) is -0.795. The Morgan fingerprint density at radius 1 is 1.16 bits per heavy atom. The summed E-state index contributed by atoms with van der Waals surface area (Å²) in [5.41, 5.74) is -1.07. The van der Waals surface area contributed by atoms with Crippen molar-refractivity contribution in [1.29, 1.82) is 0 Å². The molecular formula is C25H24F3N5O4. The fraction of sp³-hybridized carbons (Fsp3) is 0.320. The first kappa shape index (κ1) is 26.0. The van der Waals surface area contributed by atoms with Crippen LogP contribution in [-0.2, 0) is 22.3 Å². The number of aryl methyl sites for hydroxylation is 1. The quantitative estimate of drug-likeness (QED) is 0.392. The average molecular weight is 515 g/mol. The molecule has 4 rings (SSSR count). The lowest BCUT2D eigenvalue weighted by atomic mass is 9.80. The van der Waals surface area contributed by atoms with Crippen LogP contribution in [0.1, 0.15) is 40.0 Å². The van der Waals surface area contributed by atoms with E-state index in [1.165, 1.54) is 18.5 Å². The first-order valence-corrected chi connectivity index (χ1v) is 11.4. The Balaban J connectivity index is 1.40. The van der Waals surface area contributed by atoms with Crippen LogP contribution < -0.4 is 16.2 Å². The van der Waals surface area contributed by atoms with E-state index in [0.29, 0.717) is 30.0 Å². The number of benzene rings is 1. The molecule has 1 fully saturated rings. The Bertz CT molecular complexity index is 1350. The topological polar surface area (TPSA) is 126 Å². The minimum atomic E-state index is -4.51. The van der Waals surface area contributed by atoms with Gasteiger partial charge in [0.15, 0.2) is 5.78 Å². The van der Waals surface area contributed by atoms with E-state index in [4.69, 9.17) is 4.74 Å². The summed E-state index contributed by atoms with van der Waals surface area (Å²) in [6.45, 7) is 1.99. The van der Waals surface area contributed by atoms with Crippen LogP contribution in [0, 0.1) is 12.3 Å². The van der Waals surface area contributed by atoms with E-state index in [2.05, 4.69) is 25.8 Å². The van der Waals surface area contributed by atoms with Crippen LogP contribution in [0.3, 0.4) is 0 Å². The molecule has 0 spiro atoms. The molecule has 194 valence electrons. The highest BCUT2D eigenvalue weighted by Crippen LogP contribution is 2.37. The highest BCUT2D eigenvalue weighted by molar-refractivity contribution is 5.99. The zero-order chi connectivity index (χ0) is 26.6. The van der Waals surface area contributed by atoms with Crippen molar-refractivity contribution in [3.8, 4) is 0 Å². The number of alkyl halides is 3. The number of nitrogens with zero attached hydrogens (tertiary/aromatic N) is 2. The van der Waals surface area contributed by atoms with Gasteiger partial charge in [-0.25, -0.2) is 5.10 Å². The number of aromatic amines is 1. The maximum absolute atomic E-state index is 13.4. The molecule has 2 aromatic heterocycles. The fourth-order valence-electron chi connectivity index (χ4n) is 4.06. The number of pyridine rings is 1. The van der Waals surface area contributed by atoms with E-state index in [1.54, 1.807) is 25.1 Å². The van der Waals surface area contributed by atoms with E-state index < -0.39 is 34.4 Å². The summed E-state index contributed by atoms with van der Waals surface area (Å²) in [5, 5.41) is 11.3. The van der Waals surface area contributed by atoms with Crippen LogP contribution in [0.2, 0.25) is 0 Å². The second-order valence-electron chi connectivity index (χ2n) is 8.91. The van der Waals surface area contributed by atoms with Crippen LogP contribution in [0.4, 0.5) is 24.5 Å². The van der Waals surface area contributed by atoms with Crippen LogP contribution in [0.15, 0.2) is 53.6 Å². The summed E-state index contributed by atoms with van der Waals surface area (Å²) in [7, 11) is 0. The molecule has 0 aliphatic carbocycles. The Kier molecular flexibility index (Phi) is 7.39.